The van der Waals surface area contributed by atoms with Crippen LogP contribution in [0, 0.1) is 0 Å². The van der Waals surface area contributed by atoms with Gasteiger partial charge < -0.3 is 15.0 Å². The molecule has 25 heavy (non-hydrogen) atoms. The van der Waals surface area contributed by atoms with Gasteiger partial charge in [0.2, 0.25) is 5.91 Å². The maximum Gasteiger partial charge on any atom is 0.416 e. The molecular formula is C16H17F3N2O4. The zero-order valence-electron chi connectivity index (χ0n) is 13.6. The van der Waals surface area contributed by atoms with E-state index in [0.29, 0.717) is 0 Å². The van der Waals surface area contributed by atoms with Gasteiger partial charge in [0, 0.05) is 20.2 Å². The summed E-state index contributed by atoms with van der Waals surface area (Å²) in [6.07, 6.45) is -2.41. The number of alkyl halides is 3. The number of hydrogen-bond donors (Lipinski definition) is 1. The summed E-state index contributed by atoms with van der Waals surface area (Å²) in [6.45, 7) is -0.772. The van der Waals surface area contributed by atoms with Gasteiger partial charge in [0.1, 0.15) is 0 Å². The molecule has 136 valence electrons. The summed E-state index contributed by atoms with van der Waals surface area (Å²) in [4.78, 5) is 35.4. The van der Waals surface area contributed by atoms with Crippen LogP contribution < -0.4 is 5.32 Å². The third-order valence-electron chi connectivity index (χ3n) is 3.05. The van der Waals surface area contributed by atoms with E-state index in [1.54, 1.807) is 0 Å². The molecule has 9 heteroatoms. The van der Waals surface area contributed by atoms with Crippen LogP contribution in [0.1, 0.15) is 11.1 Å². The smallest absolute Gasteiger partial charge is 0.416 e. The summed E-state index contributed by atoms with van der Waals surface area (Å²) in [6, 6.07) is 4.40. The summed E-state index contributed by atoms with van der Waals surface area (Å²) in [5.74, 6) is -1.87. The fourth-order valence-electron chi connectivity index (χ4n) is 1.66. The molecule has 0 saturated heterocycles. The van der Waals surface area contributed by atoms with Gasteiger partial charge in [0.05, 0.1) is 12.1 Å². The number of amides is 2. The largest absolute Gasteiger partial charge is 0.452 e. The van der Waals surface area contributed by atoms with E-state index in [2.05, 4.69) is 10.1 Å². The molecule has 1 aromatic carbocycles. The Balaban J connectivity index is 2.55. The highest BCUT2D eigenvalue weighted by Crippen LogP contribution is 2.29. The van der Waals surface area contributed by atoms with Crippen molar-refractivity contribution in [1.82, 2.24) is 10.2 Å². The SMILES string of the molecule is CNC(=O)CN(C)C(=O)COC(=O)/C=C/c1cccc(C(F)(F)F)c1. The number of rotatable bonds is 6. The van der Waals surface area contributed by atoms with Gasteiger partial charge in [-0.05, 0) is 23.8 Å². The third-order valence-corrected chi connectivity index (χ3v) is 3.05. The molecular weight excluding hydrogens is 341 g/mol. The van der Waals surface area contributed by atoms with Crippen LogP contribution in [0.5, 0.6) is 0 Å². The molecule has 0 fully saturated rings. The van der Waals surface area contributed by atoms with Gasteiger partial charge in [0.15, 0.2) is 6.61 Å². The lowest BCUT2D eigenvalue weighted by molar-refractivity contribution is -0.148. The van der Waals surface area contributed by atoms with Crippen LogP contribution in [0.4, 0.5) is 13.2 Å². The first-order valence-electron chi connectivity index (χ1n) is 7.10. The second kappa shape index (κ2) is 8.86. The van der Waals surface area contributed by atoms with Crippen LogP contribution in [0.2, 0.25) is 0 Å². The van der Waals surface area contributed by atoms with Crippen molar-refractivity contribution >= 4 is 23.9 Å². The number of ether oxygens (including phenoxy) is 1. The van der Waals surface area contributed by atoms with Gasteiger partial charge in [-0.3, -0.25) is 9.59 Å². The van der Waals surface area contributed by atoms with Gasteiger partial charge in [-0.1, -0.05) is 12.1 Å². The molecule has 1 N–H and O–H groups in total. The Morgan fingerprint density at radius 2 is 1.96 bits per heavy atom. The van der Waals surface area contributed by atoms with Gasteiger partial charge >= 0.3 is 12.1 Å². The van der Waals surface area contributed by atoms with Crippen molar-refractivity contribution in [2.75, 3.05) is 27.2 Å². The number of esters is 1. The monoisotopic (exact) mass is 358 g/mol. The number of benzene rings is 1. The van der Waals surface area contributed by atoms with E-state index in [1.807, 2.05) is 0 Å². The number of likely N-dealkylation sites (N-methyl/N-ethyl adjacent to an activating group) is 2. The van der Waals surface area contributed by atoms with Crippen LogP contribution in [-0.2, 0) is 25.3 Å². The molecule has 0 radical (unpaired) electrons. The van der Waals surface area contributed by atoms with Crippen molar-refractivity contribution in [1.29, 1.82) is 0 Å². The minimum absolute atomic E-state index is 0.162. The second-order valence-electron chi connectivity index (χ2n) is 4.99. The molecule has 2 amide bonds. The Hall–Kier alpha value is -2.84. The van der Waals surface area contributed by atoms with Crippen LogP contribution >= 0.6 is 0 Å². The molecule has 0 aliphatic carbocycles. The normalized spacial score (nSPS) is 11.2. The fourth-order valence-corrected chi connectivity index (χ4v) is 1.66. The predicted octanol–water partition coefficient (Wildman–Crippen LogP) is 1.47. The zero-order chi connectivity index (χ0) is 19.0. The number of nitrogens with zero attached hydrogens (tertiary/aromatic N) is 1. The average Bonchev–Trinajstić information content (AvgIpc) is 2.57. The minimum atomic E-state index is -4.48. The fraction of sp³-hybridized carbons (Fsp3) is 0.312. The Bertz CT molecular complexity index is 672. The van der Waals surface area contributed by atoms with Crippen LogP contribution in [-0.4, -0.2) is 49.9 Å². The van der Waals surface area contributed by atoms with Crippen LogP contribution in [0.25, 0.3) is 6.08 Å². The number of carbonyl (C=O) groups excluding carboxylic acids is 3. The highest BCUT2D eigenvalue weighted by atomic mass is 19.4. The summed E-state index contributed by atoms with van der Waals surface area (Å²) < 4.78 is 42.4. The average molecular weight is 358 g/mol. The van der Waals surface area contributed by atoms with Gasteiger partial charge in [0.25, 0.3) is 5.91 Å². The Morgan fingerprint density at radius 1 is 1.28 bits per heavy atom. The number of carbonyl (C=O) groups is 3. The number of hydrogen-bond acceptors (Lipinski definition) is 4. The molecule has 6 nitrogen and oxygen atoms in total. The minimum Gasteiger partial charge on any atom is -0.452 e. The predicted molar refractivity (Wildman–Crippen MR) is 83.1 cm³/mol. The van der Waals surface area contributed by atoms with Crippen LogP contribution in [0.15, 0.2) is 30.3 Å². The summed E-state index contributed by atoms with van der Waals surface area (Å²) >= 11 is 0. The second-order valence-corrected chi connectivity index (χ2v) is 4.99. The van der Waals surface area contributed by atoms with Crippen molar-refractivity contribution < 1.29 is 32.3 Å². The maximum atomic E-state index is 12.6. The maximum absolute atomic E-state index is 12.6. The molecule has 0 saturated carbocycles. The lowest BCUT2D eigenvalue weighted by atomic mass is 10.1. The van der Waals surface area contributed by atoms with Gasteiger partial charge in [-0.25, -0.2) is 4.79 Å². The molecule has 0 aromatic heterocycles. The van der Waals surface area contributed by atoms with E-state index in [9.17, 15) is 27.6 Å². The highest BCUT2D eigenvalue weighted by Gasteiger charge is 2.30. The Labute approximate surface area is 142 Å². The topological polar surface area (TPSA) is 75.7 Å². The first kappa shape index (κ1) is 20.2. The van der Waals surface area contributed by atoms with E-state index in [4.69, 9.17) is 0 Å². The van der Waals surface area contributed by atoms with E-state index >= 15 is 0 Å². The van der Waals surface area contributed by atoms with Crippen molar-refractivity contribution in [2.24, 2.45) is 0 Å². The van der Waals surface area contributed by atoms with Gasteiger partial charge in [-0.2, -0.15) is 13.2 Å². The molecule has 0 atom stereocenters. The number of halogens is 3. The van der Waals surface area contributed by atoms with Crippen LogP contribution in [0.3, 0.4) is 0 Å². The molecule has 0 heterocycles. The molecule has 0 unspecified atom stereocenters. The van der Waals surface area contributed by atoms with E-state index in [-0.39, 0.29) is 18.0 Å². The van der Waals surface area contributed by atoms with E-state index < -0.39 is 30.2 Å². The first-order chi connectivity index (χ1) is 11.6. The van der Waals surface area contributed by atoms with Crippen molar-refractivity contribution in [3.05, 3.63) is 41.5 Å². The highest BCUT2D eigenvalue weighted by molar-refractivity contribution is 5.90. The molecule has 1 rings (SSSR count). The van der Waals surface area contributed by atoms with Crippen molar-refractivity contribution in [3.8, 4) is 0 Å². The Morgan fingerprint density at radius 3 is 2.56 bits per heavy atom. The molecule has 0 aliphatic heterocycles. The lowest BCUT2D eigenvalue weighted by Crippen LogP contribution is -2.38. The van der Waals surface area contributed by atoms with Crippen molar-refractivity contribution in [2.45, 2.75) is 6.18 Å². The molecule has 0 aliphatic rings. The summed E-state index contributed by atoms with van der Waals surface area (Å²) in [7, 11) is 2.78. The van der Waals surface area contributed by atoms with Gasteiger partial charge in [-0.15, -0.1) is 0 Å². The van der Waals surface area contributed by atoms with E-state index in [1.165, 1.54) is 26.2 Å². The van der Waals surface area contributed by atoms with E-state index in [0.717, 1.165) is 29.2 Å². The lowest BCUT2D eigenvalue weighted by Gasteiger charge is -2.15. The van der Waals surface area contributed by atoms with Crippen molar-refractivity contribution in [3.63, 3.8) is 0 Å². The molecule has 0 spiro atoms. The Kier molecular flexibility index (Phi) is 7.16. The summed E-state index contributed by atoms with van der Waals surface area (Å²) in [5, 5.41) is 2.34. The molecule has 0 bridgehead atoms. The third kappa shape index (κ3) is 7.06. The standard InChI is InChI=1S/C16H17F3N2O4/c1-20-13(22)9-21(2)14(23)10-25-15(24)7-6-11-4-3-5-12(8-11)16(17,18)19/h3-8H,9-10H2,1-2H3,(H,20,22)/b7-6+. The quantitative estimate of drug-likeness (QED) is 0.617. The zero-order valence-corrected chi connectivity index (χ0v) is 13.6. The molecule has 1 aromatic rings. The first-order valence-corrected chi connectivity index (χ1v) is 7.10. The summed E-state index contributed by atoms with van der Waals surface area (Å²) in [5.41, 5.74) is -0.677. The number of nitrogens with one attached hydrogen (secondary N) is 1.